The van der Waals surface area contributed by atoms with E-state index in [0.717, 1.165) is 16.8 Å². The third-order valence-electron chi connectivity index (χ3n) is 6.26. The standard InChI is InChI=1S/C27H29N3O2/c1-16-25(19(4)31)17(2)30-26(16)27(32)18(3)28-14-22(20-10-6-5-7-11-20)23-15-29-24-13-9-8-12-21(23)24/h5-13,15,18,22,28-30H,14H2,1-4H3/t18-,22-/m0/s1. The fourth-order valence-electron chi connectivity index (χ4n) is 4.60. The van der Waals surface area contributed by atoms with Gasteiger partial charge in [-0.05, 0) is 50.5 Å². The lowest BCUT2D eigenvalue weighted by Crippen LogP contribution is -2.37. The number of aryl methyl sites for hydroxylation is 1. The summed E-state index contributed by atoms with van der Waals surface area (Å²) in [7, 11) is 0. The number of ketones is 2. The van der Waals surface area contributed by atoms with Crippen LogP contribution >= 0.6 is 0 Å². The summed E-state index contributed by atoms with van der Waals surface area (Å²) in [5.74, 6) is 0.0186. The van der Waals surface area contributed by atoms with Crippen molar-refractivity contribution in [3.05, 3.63) is 94.4 Å². The van der Waals surface area contributed by atoms with Gasteiger partial charge < -0.3 is 15.3 Å². The van der Waals surface area contributed by atoms with Gasteiger partial charge >= 0.3 is 0 Å². The Morgan fingerprint density at radius 2 is 1.69 bits per heavy atom. The van der Waals surface area contributed by atoms with E-state index in [1.54, 1.807) is 0 Å². The number of rotatable bonds is 8. The first kappa shape index (κ1) is 21.8. The topological polar surface area (TPSA) is 77.8 Å². The number of Topliss-reactive ketones (excluding diaryl/α,β-unsaturated/α-hetero) is 2. The minimum atomic E-state index is -0.400. The Morgan fingerprint density at radius 3 is 2.38 bits per heavy atom. The molecule has 0 saturated heterocycles. The van der Waals surface area contributed by atoms with E-state index in [-0.39, 0.29) is 17.5 Å². The molecule has 3 N–H and O–H groups in total. The van der Waals surface area contributed by atoms with E-state index in [0.29, 0.717) is 17.8 Å². The zero-order chi connectivity index (χ0) is 22.8. The van der Waals surface area contributed by atoms with Crippen molar-refractivity contribution in [2.45, 2.75) is 39.7 Å². The minimum absolute atomic E-state index is 0.0283. The highest BCUT2D eigenvalue weighted by atomic mass is 16.1. The Hall–Kier alpha value is -3.44. The van der Waals surface area contributed by atoms with E-state index in [1.165, 1.54) is 23.4 Å². The van der Waals surface area contributed by atoms with Crippen LogP contribution in [0.25, 0.3) is 10.9 Å². The van der Waals surface area contributed by atoms with Crippen molar-refractivity contribution in [1.29, 1.82) is 0 Å². The smallest absolute Gasteiger partial charge is 0.195 e. The van der Waals surface area contributed by atoms with Gasteiger partial charge in [0.25, 0.3) is 0 Å². The van der Waals surface area contributed by atoms with Crippen molar-refractivity contribution in [2.24, 2.45) is 0 Å². The number of carbonyl (C=O) groups is 2. The van der Waals surface area contributed by atoms with Crippen molar-refractivity contribution in [1.82, 2.24) is 15.3 Å². The third kappa shape index (κ3) is 4.04. The molecule has 0 amide bonds. The molecule has 0 aliphatic carbocycles. The maximum atomic E-state index is 13.2. The number of carbonyl (C=O) groups excluding carboxylic acids is 2. The molecule has 2 atom stereocenters. The van der Waals surface area contributed by atoms with Crippen LogP contribution in [0.1, 0.15) is 63.0 Å². The minimum Gasteiger partial charge on any atom is -0.361 e. The summed E-state index contributed by atoms with van der Waals surface area (Å²) in [5.41, 5.74) is 6.08. The van der Waals surface area contributed by atoms with Gasteiger partial charge in [0.1, 0.15) is 0 Å². The Balaban J connectivity index is 1.60. The van der Waals surface area contributed by atoms with E-state index < -0.39 is 6.04 Å². The van der Waals surface area contributed by atoms with Gasteiger partial charge in [0.2, 0.25) is 0 Å². The van der Waals surface area contributed by atoms with Gasteiger partial charge in [-0.3, -0.25) is 9.59 Å². The SMILES string of the molecule is CC(=O)c1c(C)[nH]c(C(=O)[C@H](C)NC[C@@H](c2ccccc2)c2c[nH]c3ccccc23)c1C. The number of nitrogens with one attached hydrogen (secondary N) is 3. The van der Waals surface area contributed by atoms with Gasteiger partial charge in [0.15, 0.2) is 11.6 Å². The van der Waals surface area contributed by atoms with Crippen LogP contribution in [0, 0.1) is 13.8 Å². The number of hydrogen-bond donors (Lipinski definition) is 3. The van der Waals surface area contributed by atoms with Gasteiger partial charge in [-0.2, -0.15) is 0 Å². The molecule has 0 radical (unpaired) electrons. The average Bonchev–Trinajstić information content (AvgIpc) is 3.34. The Morgan fingerprint density at radius 1 is 1.00 bits per heavy atom. The summed E-state index contributed by atoms with van der Waals surface area (Å²) in [6.45, 7) is 7.68. The van der Waals surface area contributed by atoms with Crippen LogP contribution in [0.5, 0.6) is 0 Å². The third-order valence-corrected chi connectivity index (χ3v) is 6.26. The van der Waals surface area contributed by atoms with Crippen LogP contribution in [0.15, 0.2) is 60.8 Å². The van der Waals surface area contributed by atoms with Crippen LogP contribution in [-0.2, 0) is 0 Å². The van der Waals surface area contributed by atoms with Gasteiger partial charge in [0.05, 0.1) is 11.7 Å². The highest BCUT2D eigenvalue weighted by Gasteiger charge is 2.25. The molecule has 0 spiro atoms. The monoisotopic (exact) mass is 427 g/mol. The lowest BCUT2D eigenvalue weighted by Gasteiger charge is -2.21. The molecule has 0 aliphatic rings. The highest BCUT2D eigenvalue weighted by Crippen LogP contribution is 2.30. The number of hydrogen-bond acceptors (Lipinski definition) is 3. The van der Waals surface area contributed by atoms with E-state index >= 15 is 0 Å². The summed E-state index contributed by atoms with van der Waals surface area (Å²) in [6.07, 6.45) is 2.06. The lowest BCUT2D eigenvalue weighted by molar-refractivity contribution is 0.0945. The van der Waals surface area contributed by atoms with Crippen molar-refractivity contribution < 1.29 is 9.59 Å². The molecule has 164 valence electrons. The second kappa shape index (κ2) is 8.97. The largest absolute Gasteiger partial charge is 0.361 e. The molecule has 2 aromatic carbocycles. The summed E-state index contributed by atoms with van der Waals surface area (Å²) in [5, 5.41) is 4.63. The number of para-hydroxylation sites is 1. The van der Waals surface area contributed by atoms with Crippen molar-refractivity contribution >= 4 is 22.5 Å². The van der Waals surface area contributed by atoms with E-state index in [2.05, 4.69) is 45.7 Å². The number of aromatic nitrogens is 2. The van der Waals surface area contributed by atoms with Gasteiger partial charge in [-0.1, -0.05) is 48.5 Å². The van der Waals surface area contributed by atoms with E-state index in [9.17, 15) is 9.59 Å². The molecule has 0 unspecified atom stereocenters. The van der Waals surface area contributed by atoms with Gasteiger partial charge in [-0.25, -0.2) is 0 Å². The van der Waals surface area contributed by atoms with Crippen molar-refractivity contribution in [3.63, 3.8) is 0 Å². The van der Waals surface area contributed by atoms with E-state index in [4.69, 9.17) is 0 Å². The first-order valence-electron chi connectivity index (χ1n) is 11.0. The maximum Gasteiger partial charge on any atom is 0.195 e. The molecule has 0 bridgehead atoms. The van der Waals surface area contributed by atoms with Crippen LogP contribution in [0.3, 0.4) is 0 Å². The fraction of sp³-hybridized carbons (Fsp3) is 0.259. The maximum absolute atomic E-state index is 13.2. The molecular formula is C27H29N3O2. The molecule has 0 saturated carbocycles. The average molecular weight is 428 g/mol. The molecule has 5 heteroatoms. The fourth-order valence-corrected chi connectivity index (χ4v) is 4.60. The normalized spacial score (nSPS) is 13.2. The summed E-state index contributed by atoms with van der Waals surface area (Å²) in [4.78, 5) is 31.6. The Bertz CT molecular complexity index is 1270. The summed E-state index contributed by atoms with van der Waals surface area (Å²) >= 11 is 0. The van der Waals surface area contributed by atoms with Crippen LogP contribution in [0.2, 0.25) is 0 Å². The molecular weight excluding hydrogens is 398 g/mol. The number of H-pyrrole nitrogens is 2. The molecule has 4 aromatic rings. The van der Waals surface area contributed by atoms with Crippen LogP contribution in [0.4, 0.5) is 0 Å². The lowest BCUT2D eigenvalue weighted by atomic mass is 9.90. The van der Waals surface area contributed by atoms with Gasteiger partial charge in [-0.15, -0.1) is 0 Å². The number of fused-ring (bicyclic) bond motifs is 1. The zero-order valence-electron chi connectivity index (χ0n) is 19.0. The second-order valence-electron chi connectivity index (χ2n) is 8.43. The first-order chi connectivity index (χ1) is 15.4. The summed E-state index contributed by atoms with van der Waals surface area (Å²) < 4.78 is 0. The van der Waals surface area contributed by atoms with Crippen LogP contribution in [-0.4, -0.2) is 34.1 Å². The zero-order valence-corrected chi connectivity index (χ0v) is 19.0. The molecule has 4 rings (SSSR count). The van der Waals surface area contributed by atoms with Crippen molar-refractivity contribution in [3.8, 4) is 0 Å². The predicted octanol–water partition coefficient (Wildman–Crippen LogP) is 5.31. The summed E-state index contributed by atoms with van der Waals surface area (Å²) in [6, 6.07) is 18.2. The van der Waals surface area contributed by atoms with Crippen molar-refractivity contribution in [2.75, 3.05) is 6.54 Å². The first-order valence-corrected chi connectivity index (χ1v) is 11.0. The molecule has 32 heavy (non-hydrogen) atoms. The van der Waals surface area contributed by atoms with E-state index in [1.807, 2.05) is 51.1 Å². The Labute approximate surface area is 188 Å². The van der Waals surface area contributed by atoms with Gasteiger partial charge in [0, 0.05) is 40.8 Å². The molecule has 0 fully saturated rings. The molecule has 5 nitrogen and oxygen atoms in total. The van der Waals surface area contributed by atoms with Crippen LogP contribution < -0.4 is 5.32 Å². The molecule has 0 aliphatic heterocycles. The second-order valence-corrected chi connectivity index (χ2v) is 8.43. The quantitative estimate of drug-likeness (QED) is 0.334. The Kier molecular flexibility index (Phi) is 6.10. The number of benzene rings is 2. The molecule has 2 heterocycles. The predicted molar refractivity (Wildman–Crippen MR) is 129 cm³/mol. The highest BCUT2D eigenvalue weighted by molar-refractivity contribution is 6.05. The number of aromatic amines is 2. The molecule has 2 aromatic heterocycles.